The molecule has 0 saturated carbocycles. The van der Waals surface area contributed by atoms with Gasteiger partial charge in [0.2, 0.25) is 0 Å². The van der Waals surface area contributed by atoms with Crippen LogP contribution in [0.15, 0.2) is 95.3 Å². The summed E-state index contributed by atoms with van der Waals surface area (Å²) in [4.78, 5) is 6.46. The summed E-state index contributed by atoms with van der Waals surface area (Å²) in [6, 6.07) is 26.6. The van der Waals surface area contributed by atoms with Crippen LogP contribution >= 0.6 is 11.8 Å². The quantitative estimate of drug-likeness (QED) is 0.196. The Balaban J connectivity index is 1.74. The number of aliphatic imine (C=N–C) groups is 1. The number of thioether (sulfide) groups is 1. The van der Waals surface area contributed by atoms with Crippen LogP contribution in [0.4, 0.5) is 5.69 Å². The molecule has 0 aliphatic carbocycles. The van der Waals surface area contributed by atoms with E-state index in [0.717, 1.165) is 17.0 Å². The molecule has 0 radical (unpaired) electrons. The third kappa shape index (κ3) is 7.71. The van der Waals surface area contributed by atoms with Gasteiger partial charge in [0.15, 0.2) is 6.23 Å². The molecule has 36 heavy (non-hydrogen) atoms. The van der Waals surface area contributed by atoms with Crippen LogP contribution in [-0.2, 0) is 0 Å². The predicted molar refractivity (Wildman–Crippen MR) is 152 cm³/mol. The van der Waals surface area contributed by atoms with Gasteiger partial charge in [0.1, 0.15) is 18.1 Å². The molecule has 1 unspecified atom stereocenters. The number of anilines is 1. The second-order valence-electron chi connectivity index (χ2n) is 7.86. The summed E-state index contributed by atoms with van der Waals surface area (Å²) in [5.41, 5.74) is 9.86. The Morgan fingerprint density at radius 2 is 1.67 bits per heavy atom. The largest absolute Gasteiger partial charge is 0.497 e. The van der Waals surface area contributed by atoms with Crippen LogP contribution in [0.25, 0.3) is 5.70 Å². The Morgan fingerprint density at radius 3 is 2.25 bits per heavy atom. The molecule has 5 N–H and O–H groups in total. The number of nitrogens with zero attached hydrogens (tertiary/aromatic N) is 2. The van der Waals surface area contributed by atoms with Crippen molar-refractivity contribution >= 4 is 34.6 Å². The maximum Gasteiger partial charge on any atom is 0.153 e. The standard InChI is InChI=1S/C28H33N5O2S/c1-3-33(20-36-18-25(29)21-10-6-4-7-11-21)28(34)27(26(30)22-12-8-5-9-13-22)32-19-31-23-14-16-24(35-2)17-15-23/h4-18,28,30-31,34H,3,19-20,29H2,1-2H3/b25-18-,30-26?,32-27?. The van der Waals surface area contributed by atoms with Crippen molar-refractivity contribution in [2.75, 3.05) is 31.5 Å². The van der Waals surface area contributed by atoms with Crippen LogP contribution in [0.1, 0.15) is 18.1 Å². The average Bonchev–Trinajstić information content (AvgIpc) is 2.94. The van der Waals surface area contributed by atoms with Crippen molar-refractivity contribution in [2.45, 2.75) is 13.2 Å². The Bertz CT molecular complexity index is 1150. The number of hydrogen-bond acceptors (Lipinski definition) is 8. The third-order valence-electron chi connectivity index (χ3n) is 5.50. The van der Waals surface area contributed by atoms with E-state index in [-0.39, 0.29) is 12.4 Å². The Morgan fingerprint density at radius 1 is 1.06 bits per heavy atom. The van der Waals surface area contributed by atoms with Gasteiger partial charge in [-0.1, -0.05) is 67.6 Å². The summed E-state index contributed by atoms with van der Waals surface area (Å²) in [6.45, 7) is 2.74. The molecule has 0 fully saturated rings. The highest BCUT2D eigenvalue weighted by atomic mass is 32.2. The van der Waals surface area contributed by atoms with Crippen molar-refractivity contribution in [3.63, 3.8) is 0 Å². The molecular formula is C28H33N5O2S. The molecule has 3 aromatic rings. The van der Waals surface area contributed by atoms with E-state index in [1.54, 1.807) is 7.11 Å². The lowest BCUT2D eigenvalue weighted by Crippen LogP contribution is -2.44. The number of methoxy groups -OCH3 is 1. The first-order valence-corrected chi connectivity index (χ1v) is 12.7. The summed E-state index contributed by atoms with van der Waals surface area (Å²) < 4.78 is 5.20. The van der Waals surface area contributed by atoms with Crippen LogP contribution in [0.2, 0.25) is 0 Å². The third-order valence-corrected chi connectivity index (χ3v) is 6.40. The normalized spacial score (nSPS) is 12.9. The van der Waals surface area contributed by atoms with E-state index in [2.05, 4.69) is 10.3 Å². The van der Waals surface area contributed by atoms with Crippen molar-refractivity contribution in [2.24, 2.45) is 10.7 Å². The lowest BCUT2D eigenvalue weighted by atomic mass is 10.0. The fraction of sp³-hybridized carbons (Fsp3) is 0.214. The van der Waals surface area contributed by atoms with Gasteiger partial charge in [0, 0.05) is 16.9 Å². The number of nitrogens with one attached hydrogen (secondary N) is 2. The number of aliphatic hydroxyl groups is 1. The van der Waals surface area contributed by atoms with E-state index in [9.17, 15) is 5.11 Å². The molecule has 188 valence electrons. The zero-order valence-corrected chi connectivity index (χ0v) is 21.4. The monoisotopic (exact) mass is 503 g/mol. The van der Waals surface area contributed by atoms with Crippen LogP contribution < -0.4 is 15.8 Å². The van der Waals surface area contributed by atoms with Gasteiger partial charge < -0.3 is 20.9 Å². The first-order valence-electron chi connectivity index (χ1n) is 11.6. The molecule has 7 nitrogen and oxygen atoms in total. The number of benzene rings is 3. The molecule has 0 aliphatic heterocycles. The number of aliphatic hydroxyl groups excluding tert-OH is 1. The van der Waals surface area contributed by atoms with E-state index in [0.29, 0.717) is 29.4 Å². The molecule has 8 heteroatoms. The fourth-order valence-corrected chi connectivity index (χ4v) is 4.30. The number of nitrogens with two attached hydrogens (primary N) is 1. The second-order valence-corrected chi connectivity index (χ2v) is 8.69. The highest BCUT2D eigenvalue weighted by Gasteiger charge is 2.24. The van der Waals surface area contributed by atoms with Gasteiger partial charge in [0.05, 0.1) is 18.7 Å². The highest BCUT2D eigenvalue weighted by molar-refractivity contribution is 8.02. The zero-order chi connectivity index (χ0) is 25.8. The maximum absolute atomic E-state index is 11.3. The minimum atomic E-state index is -1.06. The summed E-state index contributed by atoms with van der Waals surface area (Å²) in [5.74, 6) is 1.25. The van der Waals surface area contributed by atoms with Crippen molar-refractivity contribution in [3.8, 4) is 5.75 Å². The van der Waals surface area contributed by atoms with Crippen LogP contribution in [-0.4, -0.2) is 53.9 Å². The molecule has 0 amide bonds. The zero-order valence-electron chi connectivity index (χ0n) is 20.6. The molecule has 3 rings (SSSR count). The summed E-state index contributed by atoms with van der Waals surface area (Å²) in [5, 5.41) is 25.2. The minimum absolute atomic E-state index is 0.183. The van der Waals surface area contributed by atoms with Crippen molar-refractivity contribution in [1.29, 1.82) is 5.41 Å². The first-order chi connectivity index (χ1) is 17.5. The van der Waals surface area contributed by atoms with Crippen LogP contribution in [0, 0.1) is 5.41 Å². The molecule has 1 atom stereocenters. The van der Waals surface area contributed by atoms with Gasteiger partial charge in [-0.25, -0.2) is 0 Å². The molecule has 3 aromatic carbocycles. The van der Waals surface area contributed by atoms with E-state index >= 15 is 0 Å². The van der Waals surface area contributed by atoms with Gasteiger partial charge in [-0.2, -0.15) is 0 Å². The Kier molecular flexibility index (Phi) is 10.6. The number of ether oxygens (including phenoxy) is 1. The summed E-state index contributed by atoms with van der Waals surface area (Å²) >= 11 is 1.49. The molecule has 0 aliphatic rings. The fourth-order valence-electron chi connectivity index (χ4n) is 3.40. The smallest absolute Gasteiger partial charge is 0.153 e. The average molecular weight is 504 g/mol. The van der Waals surface area contributed by atoms with E-state index in [1.807, 2.05) is 102 Å². The molecule has 0 spiro atoms. The van der Waals surface area contributed by atoms with Gasteiger partial charge >= 0.3 is 0 Å². The first kappa shape index (κ1) is 27.0. The van der Waals surface area contributed by atoms with Crippen LogP contribution in [0.3, 0.4) is 0 Å². The lowest BCUT2D eigenvalue weighted by molar-refractivity contribution is 0.0801. The molecule has 0 saturated heterocycles. The predicted octanol–water partition coefficient (Wildman–Crippen LogP) is 4.86. The summed E-state index contributed by atoms with van der Waals surface area (Å²) in [7, 11) is 1.62. The van der Waals surface area contributed by atoms with E-state index in [1.165, 1.54) is 11.8 Å². The summed E-state index contributed by atoms with van der Waals surface area (Å²) in [6.07, 6.45) is -1.06. The van der Waals surface area contributed by atoms with Crippen LogP contribution in [0.5, 0.6) is 5.75 Å². The Hall–Kier alpha value is -3.59. The van der Waals surface area contributed by atoms with Crippen molar-refractivity contribution in [3.05, 3.63) is 101 Å². The van der Waals surface area contributed by atoms with Gasteiger partial charge in [-0.15, -0.1) is 11.8 Å². The molecular weight excluding hydrogens is 470 g/mol. The van der Waals surface area contributed by atoms with Gasteiger partial charge in [-0.05, 0) is 41.8 Å². The lowest BCUT2D eigenvalue weighted by Gasteiger charge is -2.27. The van der Waals surface area contributed by atoms with Crippen molar-refractivity contribution < 1.29 is 9.84 Å². The maximum atomic E-state index is 11.3. The molecule has 0 bridgehead atoms. The number of rotatable bonds is 13. The Labute approximate surface area is 217 Å². The highest BCUT2D eigenvalue weighted by Crippen LogP contribution is 2.18. The SMILES string of the molecule is CCN(CS/C=C(\N)c1ccccc1)C(O)C(=NCNc1ccc(OC)cc1)C(=N)c1ccccc1. The topological polar surface area (TPSA) is 107 Å². The van der Waals surface area contributed by atoms with E-state index in [4.69, 9.17) is 15.9 Å². The molecule has 0 aromatic heterocycles. The molecule has 0 heterocycles. The minimum Gasteiger partial charge on any atom is -0.497 e. The van der Waals surface area contributed by atoms with E-state index < -0.39 is 6.23 Å². The van der Waals surface area contributed by atoms with Gasteiger partial charge in [-0.3, -0.25) is 15.3 Å². The second kappa shape index (κ2) is 14.1. The van der Waals surface area contributed by atoms with Crippen molar-refractivity contribution in [1.82, 2.24) is 4.90 Å². The number of hydrogen-bond donors (Lipinski definition) is 4. The van der Waals surface area contributed by atoms with Gasteiger partial charge in [0.25, 0.3) is 0 Å².